The first-order valence-electron chi connectivity index (χ1n) is 6.57. The Hall–Kier alpha value is -2.90. The molecule has 1 aromatic rings. The highest BCUT2D eigenvalue weighted by Crippen LogP contribution is 2.24. The van der Waals surface area contributed by atoms with Gasteiger partial charge in [0.1, 0.15) is 5.54 Å². The van der Waals surface area contributed by atoms with Gasteiger partial charge < -0.3 is 15.7 Å². The van der Waals surface area contributed by atoms with Gasteiger partial charge in [0.05, 0.1) is 6.42 Å². The zero-order valence-corrected chi connectivity index (χ0v) is 11.8. The van der Waals surface area contributed by atoms with E-state index in [1.807, 2.05) is 0 Å². The molecule has 1 fully saturated rings. The number of amides is 4. The van der Waals surface area contributed by atoms with Crippen molar-refractivity contribution < 1.29 is 24.3 Å². The first-order valence-corrected chi connectivity index (χ1v) is 6.57. The summed E-state index contributed by atoms with van der Waals surface area (Å²) in [5.41, 5.74) is -0.296. The smallest absolute Gasteiger partial charge is 0.322 e. The van der Waals surface area contributed by atoms with Crippen molar-refractivity contribution in [2.24, 2.45) is 0 Å². The quantitative estimate of drug-likeness (QED) is 0.567. The van der Waals surface area contributed by atoms with Gasteiger partial charge in [0.2, 0.25) is 0 Å². The molecule has 0 aromatic heterocycles. The van der Waals surface area contributed by atoms with Gasteiger partial charge in [-0.25, -0.2) is 4.79 Å². The lowest BCUT2D eigenvalue weighted by atomic mass is 9.91. The molecule has 1 aliphatic heterocycles. The number of urea groups is 1. The molecular formula is C14H15N3O5. The van der Waals surface area contributed by atoms with Crippen molar-refractivity contribution in [3.8, 4) is 0 Å². The summed E-state index contributed by atoms with van der Waals surface area (Å²) in [6.07, 6.45) is -0.159. The number of nitrogens with one attached hydrogen (secondary N) is 3. The highest BCUT2D eigenvalue weighted by atomic mass is 16.4. The largest absolute Gasteiger partial charge is 0.481 e. The number of imide groups is 1. The van der Waals surface area contributed by atoms with E-state index in [4.69, 9.17) is 5.11 Å². The van der Waals surface area contributed by atoms with Crippen LogP contribution in [-0.2, 0) is 15.1 Å². The van der Waals surface area contributed by atoms with Crippen molar-refractivity contribution >= 4 is 23.8 Å². The first kappa shape index (κ1) is 15.5. The normalized spacial score (nSPS) is 20.2. The van der Waals surface area contributed by atoms with Crippen LogP contribution in [0.25, 0.3) is 0 Å². The molecule has 1 atom stereocenters. The Morgan fingerprint density at radius 2 is 1.86 bits per heavy atom. The third kappa shape index (κ3) is 3.05. The fraction of sp³-hybridized carbons (Fsp3) is 0.286. The van der Waals surface area contributed by atoms with Crippen molar-refractivity contribution in [3.05, 3.63) is 35.4 Å². The molecule has 1 unspecified atom stereocenters. The molecule has 4 amide bonds. The summed E-state index contributed by atoms with van der Waals surface area (Å²) in [7, 11) is 0. The molecule has 116 valence electrons. The van der Waals surface area contributed by atoms with Crippen molar-refractivity contribution in [1.82, 2.24) is 16.0 Å². The second kappa shape index (κ2) is 5.84. The molecule has 4 N–H and O–H groups in total. The molecule has 1 saturated heterocycles. The number of rotatable bonds is 5. The average Bonchev–Trinajstić information content (AvgIpc) is 2.72. The van der Waals surface area contributed by atoms with Crippen molar-refractivity contribution in [2.45, 2.75) is 18.9 Å². The van der Waals surface area contributed by atoms with Crippen molar-refractivity contribution in [3.63, 3.8) is 0 Å². The molecule has 0 bridgehead atoms. The second-order valence-corrected chi connectivity index (χ2v) is 5.01. The van der Waals surface area contributed by atoms with E-state index in [9.17, 15) is 19.2 Å². The number of carboxylic acid groups (broad SMARTS) is 1. The molecule has 1 heterocycles. The maximum atomic E-state index is 11.8. The van der Waals surface area contributed by atoms with E-state index < -0.39 is 29.4 Å². The summed E-state index contributed by atoms with van der Waals surface area (Å²) >= 11 is 0. The van der Waals surface area contributed by atoms with Crippen LogP contribution in [0.4, 0.5) is 4.79 Å². The molecule has 0 radical (unpaired) electrons. The first-order chi connectivity index (χ1) is 10.3. The van der Waals surface area contributed by atoms with Crippen LogP contribution >= 0.6 is 0 Å². The van der Waals surface area contributed by atoms with Crippen molar-refractivity contribution in [2.75, 3.05) is 6.54 Å². The SMILES string of the molecule is CC1(c2ccc(C(=O)NCCC(=O)O)cc2)NC(=O)NC1=O. The van der Waals surface area contributed by atoms with Gasteiger partial charge >= 0.3 is 12.0 Å². The average molecular weight is 305 g/mol. The summed E-state index contributed by atoms with van der Waals surface area (Å²) in [5.74, 6) is -1.86. The van der Waals surface area contributed by atoms with Gasteiger partial charge in [-0.2, -0.15) is 0 Å². The Morgan fingerprint density at radius 1 is 1.23 bits per heavy atom. The van der Waals surface area contributed by atoms with Crippen LogP contribution in [-0.4, -0.2) is 35.5 Å². The number of aliphatic carboxylic acids is 1. The van der Waals surface area contributed by atoms with Gasteiger partial charge in [0, 0.05) is 12.1 Å². The van der Waals surface area contributed by atoms with Crippen LogP contribution in [0.5, 0.6) is 0 Å². The monoisotopic (exact) mass is 305 g/mol. The summed E-state index contributed by atoms with van der Waals surface area (Å²) in [5, 5.41) is 15.7. The Labute approximate surface area is 125 Å². The molecule has 22 heavy (non-hydrogen) atoms. The standard InChI is InChI=1S/C14H15N3O5/c1-14(12(21)16-13(22)17-14)9-4-2-8(3-5-9)11(20)15-7-6-10(18)19/h2-5H,6-7H2,1H3,(H,15,20)(H,18,19)(H2,16,17,21,22). The lowest BCUT2D eigenvalue weighted by Crippen LogP contribution is -2.40. The third-order valence-electron chi connectivity index (χ3n) is 3.39. The minimum absolute atomic E-state index is 0.0338. The Kier molecular flexibility index (Phi) is 4.11. The Bertz CT molecular complexity index is 640. The highest BCUT2D eigenvalue weighted by molar-refractivity contribution is 6.07. The molecule has 0 spiro atoms. The molecule has 1 aromatic carbocycles. The van der Waals surface area contributed by atoms with Crippen molar-refractivity contribution in [1.29, 1.82) is 0 Å². The van der Waals surface area contributed by atoms with E-state index in [-0.39, 0.29) is 13.0 Å². The molecule has 8 heteroatoms. The Balaban J connectivity index is 2.07. The lowest BCUT2D eigenvalue weighted by molar-refractivity contribution is -0.136. The molecule has 1 aliphatic rings. The van der Waals surface area contributed by atoms with Gasteiger partial charge in [-0.3, -0.25) is 19.7 Å². The topological polar surface area (TPSA) is 125 Å². The molecule has 8 nitrogen and oxygen atoms in total. The van der Waals surface area contributed by atoms with E-state index in [1.54, 1.807) is 19.1 Å². The number of carbonyl (C=O) groups excluding carboxylic acids is 3. The molecule has 0 aliphatic carbocycles. The summed E-state index contributed by atoms with van der Waals surface area (Å²) < 4.78 is 0. The van der Waals surface area contributed by atoms with E-state index in [0.29, 0.717) is 11.1 Å². The van der Waals surface area contributed by atoms with E-state index in [1.165, 1.54) is 12.1 Å². The van der Waals surface area contributed by atoms with Gasteiger partial charge in [-0.05, 0) is 24.6 Å². The summed E-state index contributed by atoms with van der Waals surface area (Å²) in [6, 6.07) is 5.58. The van der Waals surface area contributed by atoms with Crippen LogP contribution in [0, 0.1) is 0 Å². The summed E-state index contributed by atoms with van der Waals surface area (Å²) in [6.45, 7) is 1.60. The van der Waals surface area contributed by atoms with Crippen LogP contribution in [0.1, 0.15) is 29.3 Å². The van der Waals surface area contributed by atoms with Gasteiger partial charge in [-0.15, -0.1) is 0 Å². The number of benzene rings is 1. The lowest BCUT2D eigenvalue weighted by Gasteiger charge is -2.21. The highest BCUT2D eigenvalue weighted by Gasteiger charge is 2.43. The van der Waals surface area contributed by atoms with E-state index >= 15 is 0 Å². The predicted octanol–water partition coefficient (Wildman–Crippen LogP) is -0.0543. The van der Waals surface area contributed by atoms with Gasteiger partial charge in [0.15, 0.2) is 0 Å². The number of carboxylic acids is 1. The van der Waals surface area contributed by atoms with E-state index in [0.717, 1.165) is 0 Å². The zero-order valence-electron chi connectivity index (χ0n) is 11.8. The fourth-order valence-corrected chi connectivity index (χ4v) is 2.09. The molecule has 0 saturated carbocycles. The fourth-order valence-electron chi connectivity index (χ4n) is 2.09. The third-order valence-corrected chi connectivity index (χ3v) is 3.39. The van der Waals surface area contributed by atoms with Crippen LogP contribution in [0.15, 0.2) is 24.3 Å². The molecular weight excluding hydrogens is 290 g/mol. The van der Waals surface area contributed by atoms with Crippen LogP contribution in [0.3, 0.4) is 0 Å². The predicted molar refractivity (Wildman–Crippen MR) is 75.1 cm³/mol. The number of hydrogen-bond donors (Lipinski definition) is 4. The molecule has 2 rings (SSSR count). The minimum atomic E-state index is -1.17. The summed E-state index contributed by atoms with van der Waals surface area (Å²) in [4.78, 5) is 45.2. The second-order valence-electron chi connectivity index (χ2n) is 5.01. The number of carbonyl (C=O) groups is 4. The minimum Gasteiger partial charge on any atom is -0.481 e. The maximum Gasteiger partial charge on any atom is 0.322 e. The number of hydrogen-bond acceptors (Lipinski definition) is 4. The maximum absolute atomic E-state index is 11.8. The van der Waals surface area contributed by atoms with Gasteiger partial charge in [0.25, 0.3) is 11.8 Å². The van der Waals surface area contributed by atoms with Crippen LogP contribution < -0.4 is 16.0 Å². The van der Waals surface area contributed by atoms with E-state index in [2.05, 4.69) is 16.0 Å². The Morgan fingerprint density at radius 3 is 2.36 bits per heavy atom. The van der Waals surface area contributed by atoms with Crippen LogP contribution in [0.2, 0.25) is 0 Å². The zero-order chi connectivity index (χ0) is 16.3. The van der Waals surface area contributed by atoms with Gasteiger partial charge in [-0.1, -0.05) is 12.1 Å².